The Morgan fingerprint density at radius 2 is 1.93 bits per heavy atom. The lowest BCUT2D eigenvalue weighted by Gasteiger charge is -2.29. The lowest BCUT2D eigenvalue weighted by Crippen LogP contribution is -2.36. The van der Waals surface area contributed by atoms with Gasteiger partial charge in [-0.3, -0.25) is 4.79 Å². The van der Waals surface area contributed by atoms with E-state index >= 15 is 0 Å². The van der Waals surface area contributed by atoms with E-state index in [1.165, 1.54) is 24.8 Å². The van der Waals surface area contributed by atoms with Gasteiger partial charge in [-0.15, -0.1) is 0 Å². The number of ether oxygens (including phenoxy) is 1. The van der Waals surface area contributed by atoms with Crippen molar-refractivity contribution in [1.82, 2.24) is 9.62 Å². The van der Waals surface area contributed by atoms with Gasteiger partial charge in [0.25, 0.3) is 5.91 Å². The number of hydrogen-bond donors (Lipinski definition) is 1. The highest BCUT2D eigenvalue weighted by Crippen LogP contribution is 2.23. The summed E-state index contributed by atoms with van der Waals surface area (Å²) in [5, 5.41) is 0. The lowest BCUT2D eigenvalue weighted by molar-refractivity contribution is 0.0733. The maximum absolute atomic E-state index is 13.1. The minimum atomic E-state index is -3.69. The third kappa shape index (κ3) is 4.37. The van der Waals surface area contributed by atoms with Gasteiger partial charge < -0.3 is 9.64 Å². The highest BCUT2D eigenvalue weighted by Gasteiger charge is 2.24. The molecule has 0 radical (unpaired) electrons. The topological polar surface area (TPSA) is 75.7 Å². The average Bonchev–Trinajstić information content (AvgIpc) is 2.67. The van der Waals surface area contributed by atoms with E-state index in [1.54, 1.807) is 11.0 Å². The quantitative estimate of drug-likeness (QED) is 0.769. The molecule has 0 saturated carbocycles. The number of carbonyl (C=O) groups excluding carboxylic acids is 1. The van der Waals surface area contributed by atoms with Crippen LogP contribution in [0.25, 0.3) is 0 Å². The van der Waals surface area contributed by atoms with Crippen LogP contribution >= 0.6 is 0 Å². The van der Waals surface area contributed by atoms with Gasteiger partial charge in [-0.05, 0) is 42.2 Å². The van der Waals surface area contributed by atoms with Crippen molar-refractivity contribution in [3.05, 3.63) is 64.7 Å². The van der Waals surface area contributed by atoms with Crippen LogP contribution in [-0.4, -0.2) is 46.0 Å². The molecule has 0 bridgehead atoms. The molecule has 0 atom stereocenters. The fraction of sp³-hybridized carbons (Fsp3) is 0.350. The molecule has 1 aliphatic rings. The monoisotopic (exact) mass is 388 g/mol. The molecule has 7 heteroatoms. The molecule has 27 heavy (non-hydrogen) atoms. The molecule has 3 rings (SSSR count). The summed E-state index contributed by atoms with van der Waals surface area (Å²) < 4.78 is 32.2. The lowest BCUT2D eigenvalue weighted by atomic mass is 9.98. The van der Waals surface area contributed by atoms with E-state index in [2.05, 4.69) is 10.8 Å². The van der Waals surface area contributed by atoms with E-state index in [4.69, 9.17) is 4.74 Å². The van der Waals surface area contributed by atoms with Gasteiger partial charge in [-0.25, -0.2) is 13.1 Å². The Bertz CT molecular complexity index is 941. The summed E-state index contributed by atoms with van der Waals surface area (Å²) in [7, 11) is -2.18. The molecular weight excluding hydrogens is 364 g/mol. The summed E-state index contributed by atoms with van der Waals surface area (Å²) in [6.07, 6.45) is 0.803. The van der Waals surface area contributed by atoms with Crippen LogP contribution in [0.2, 0.25) is 0 Å². The Hall–Kier alpha value is -2.22. The van der Waals surface area contributed by atoms with Gasteiger partial charge in [0.2, 0.25) is 10.0 Å². The van der Waals surface area contributed by atoms with Crippen molar-refractivity contribution in [3.63, 3.8) is 0 Å². The maximum Gasteiger partial charge on any atom is 0.254 e. The number of sulfonamides is 1. The first-order valence-electron chi connectivity index (χ1n) is 8.87. The molecule has 144 valence electrons. The molecule has 6 nitrogen and oxygen atoms in total. The van der Waals surface area contributed by atoms with E-state index in [0.29, 0.717) is 18.7 Å². The SMILES string of the molecule is COCCNS(=O)(=O)c1ccc(C)c(C(=O)N2CCc3ccccc3C2)c1. The number of carbonyl (C=O) groups is 1. The minimum absolute atomic E-state index is 0.0879. The van der Waals surface area contributed by atoms with Crippen molar-refractivity contribution in [2.45, 2.75) is 24.8 Å². The fourth-order valence-corrected chi connectivity index (χ4v) is 4.24. The van der Waals surface area contributed by atoms with Crippen LogP contribution < -0.4 is 4.72 Å². The highest BCUT2D eigenvalue weighted by atomic mass is 32.2. The number of amides is 1. The zero-order valence-electron chi connectivity index (χ0n) is 15.6. The minimum Gasteiger partial charge on any atom is -0.383 e. The van der Waals surface area contributed by atoms with Crippen molar-refractivity contribution in [1.29, 1.82) is 0 Å². The Labute approximate surface area is 160 Å². The summed E-state index contributed by atoms with van der Waals surface area (Å²) >= 11 is 0. The zero-order chi connectivity index (χ0) is 19.4. The Morgan fingerprint density at radius 3 is 2.67 bits per heavy atom. The second-order valence-corrected chi connectivity index (χ2v) is 8.38. The number of fused-ring (bicyclic) bond motifs is 1. The van der Waals surface area contributed by atoms with Crippen LogP contribution in [-0.2, 0) is 27.7 Å². The van der Waals surface area contributed by atoms with Gasteiger partial charge in [0.05, 0.1) is 11.5 Å². The number of methoxy groups -OCH3 is 1. The van der Waals surface area contributed by atoms with E-state index in [9.17, 15) is 13.2 Å². The van der Waals surface area contributed by atoms with Gasteiger partial charge >= 0.3 is 0 Å². The van der Waals surface area contributed by atoms with Gasteiger partial charge in [0.15, 0.2) is 0 Å². The fourth-order valence-electron chi connectivity index (χ4n) is 3.20. The van der Waals surface area contributed by atoms with Crippen molar-refractivity contribution in [2.75, 3.05) is 26.8 Å². The molecular formula is C20H24N2O4S. The molecule has 0 unspecified atom stereocenters. The van der Waals surface area contributed by atoms with Crippen LogP contribution in [0.5, 0.6) is 0 Å². The highest BCUT2D eigenvalue weighted by molar-refractivity contribution is 7.89. The second-order valence-electron chi connectivity index (χ2n) is 6.61. The molecule has 0 aromatic heterocycles. The molecule has 0 fully saturated rings. The molecule has 0 aliphatic carbocycles. The number of aryl methyl sites for hydroxylation is 1. The van der Waals surface area contributed by atoms with Crippen LogP contribution in [0.1, 0.15) is 27.0 Å². The standard InChI is InChI=1S/C20H24N2O4S/c1-15-7-8-18(27(24,25)21-10-12-26-2)13-19(15)20(23)22-11-9-16-5-3-4-6-17(16)14-22/h3-8,13,21H,9-12,14H2,1-2H3. The molecule has 2 aromatic rings. The van der Waals surface area contributed by atoms with Crippen LogP contribution in [0.4, 0.5) is 0 Å². The number of benzene rings is 2. The van der Waals surface area contributed by atoms with Crippen LogP contribution in [0.15, 0.2) is 47.4 Å². The van der Waals surface area contributed by atoms with Crippen LogP contribution in [0.3, 0.4) is 0 Å². The number of rotatable bonds is 6. The predicted molar refractivity (Wildman–Crippen MR) is 103 cm³/mol. The summed E-state index contributed by atoms with van der Waals surface area (Å²) in [5.41, 5.74) is 3.58. The predicted octanol–water partition coefficient (Wildman–Crippen LogP) is 2.12. The summed E-state index contributed by atoms with van der Waals surface area (Å²) in [4.78, 5) is 14.9. The largest absolute Gasteiger partial charge is 0.383 e. The normalized spacial score (nSPS) is 14.1. The zero-order valence-corrected chi connectivity index (χ0v) is 16.4. The molecule has 0 saturated heterocycles. The van der Waals surface area contributed by atoms with Gasteiger partial charge in [-0.1, -0.05) is 30.3 Å². The first-order valence-corrected chi connectivity index (χ1v) is 10.4. The first-order chi connectivity index (χ1) is 12.9. The summed E-state index contributed by atoms with van der Waals surface area (Å²) in [5.74, 6) is -0.143. The van der Waals surface area contributed by atoms with Crippen LogP contribution in [0, 0.1) is 6.92 Å². The number of hydrogen-bond acceptors (Lipinski definition) is 4. The first kappa shape index (κ1) is 19.5. The smallest absolute Gasteiger partial charge is 0.254 e. The van der Waals surface area contributed by atoms with Gasteiger partial charge in [-0.2, -0.15) is 0 Å². The molecule has 1 aliphatic heterocycles. The average molecular weight is 388 g/mol. The van der Waals surface area contributed by atoms with E-state index in [0.717, 1.165) is 17.5 Å². The van der Waals surface area contributed by atoms with Crippen molar-refractivity contribution in [3.8, 4) is 0 Å². The van der Waals surface area contributed by atoms with Crippen molar-refractivity contribution < 1.29 is 17.9 Å². The molecule has 1 amide bonds. The molecule has 0 spiro atoms. The summed E-state index contributed by atoms with van der Waals surface area (Å²) in [6.45, 7) is 3.44. The van der Waals surface area contributed by atoms with E-state index in [-0.39, 0.29) is 24.0 Å². The molecule has 1 heterocycles. The number of nitrogens with one attached hydrogen (secondary N) is 1. The molecule has 1 N–H and O–H groups in total. The number of nitrogens with zero attached hydrogens (tertiary/aromatic N) is 1. The Morgan fingerprint density at radius 1 is 1.19 bits per heavy atom. The maximum atomic E-state index is 13.1. The van der Waals surface area contributed by atoms with Crippen molar-refractivity contribution >= 4 is 15.9 Å². The second kappa shape index (κ2) is 8.21. The third-order valence-electron chi connectivity index (χ3n) is 4.77. The molecule has 2 aromatic carbocycles. The van der Waals surface area contributed by atoms with E-state index < -0.39 is 10.0 Å². The Kier molecular flexibility index (Phi) is 5.94. The third-order valence-corrected chi connectivity index (χ3v) is 6.22. The van der Waals surface area contributed by atoms with Gasteiger partial charge in [0, 0.05) is 32.3 Å². The Balaban J connectivity index is 1.83. The van der Waals surface area contributed by atoms with Crippen molar-refractivity contribution in [2.24, 2.45) is 0 Å². The van der Waals surface area contributed by atoms with E-state index in [1.807, 2.05) is 25.1 Å². The summed E-state index contributed by atoms with van der Waals surface area (Å²) in [6, 6.07) is 12.8. The van der Waals surface area contributed by atoms with Gasteiger partial charge in [0.1, 0.15) is 0 Å².